The summed E-state index contributed by atoms with van der Waals surface area (Å²) in [6, 6.07) is 9.57. The SMILES string of the molecule is NC(N)=N/N=C/c1ccccc1.O=[N+](O)O. The smallest absolute Gasteiger partial charge is 0.369 e. The van der Waals surface area contributed by atoms with Gasteiger partial charge in [0.25, 0.3) is 0 Å². The molecule has 0 amide bonds. The highest BCUT2D eigenvalue weighted by atomic mass is 16.9. The van der Waals surface area contributed by atoms with Crippen molar-refractivity contribution in [2.45, 2.75) is 0 Å². The van der Waals surface area contributed by atoms with Gasteiger partial charge in [0.2, 0.25) is 5.96 Å². The third-order valence-electron chi connectivity index (χ3n) is 1.18. The molecule has 0 spiro atoms. The Morgan fingerprint density at radius 1 is 1.25 bits per heavy atom. The summed E-state index contributed by atoms with van der Waals surface area (Å²) in [5.41, 5.74) is 11.1. The monoisotopic (exact) mass is 226 g/mol. The van der Waals surface area contributed by atoms with Gasteiger partial charge in [-0.2, -0.15) is 5.10 Å². The van der Waals surface area contributed by atoms with Crippen LogP contribution in [0.2, 0.25) is 0 Å². The summed E-state index contributed by atoms with van der Waals surface area (Å²) < 4.78 is 0. The topological polar surface area (TPSA) is 137 Å². The lowest BCUT2D eigenvalue weighted by molar-refractivity contribution is -0.969. The van der Waals surface area contributed by atoms with Crippen molar-refractivity contribution in [2.24, 2.45) is 21.7 Å². The Morgan fingerprint density at radius 3 is 2.19 bits per heavy atom. The summed E-state index contributed by atoms with van der Waals surface area (Å²) in [6.45, 7) is 0. The molecule has 0 aliphatic heterocycles. The van der Waals surface area contributed by atoms with Crippen LogP contribution in [0.4, 0.5) is 0 Å². The van der Waals surface area contributed by atoms with E-state index in [2.05, 4.69) is 10.2 Å². The van der Waals surface area contributed by atoms with E-state index in [0.717, 1.165) is 5.56 Å². The first kappa shape index (κ1) is 13.4. The molecule has 1 aromatic carbocycles. The first-order valence-electron chi connectivity index (χ1n) is 4.04. The van der Waals surface area contributed by atoms with Gasteiger partial charge in [0.1, 0.15) is 4.91 Å². The molecule has 1 aromatic rings. The van der Waals surface area contributed by atoms with E-state index in [1.807, 2.05) is 30.3 Å². The molecule has 1 rings (SSSR count). The van der Waals surface area contributed by atoms with Crippen LogP contribution in [0.25, 0.3) is 0 Å². The van der Waals surface area contributed by atoms with Gasteiger partial charge in [-0.25, -0.2) is 10.4 Å². The third-order valence-corrected chi connectivity index (χ3v) is 1.18. The molecule has 0 heterocycles. The fraction of sp³-hybridized carbons (Fsp3) is 0. The van der Waals surface area contributed by atoms with E-state index in [1.54, 1.807) is 6.21 Å². The van der Waals surface area contributed by atoms with Crippen molar-refractivity contribution >= 4 is 12.2 Å². The molecule has 0 aliphatic rings. The van der Waals surface area contributed by atoms with E-state index in [1.165, 1.54) is 0 Å². The molecule has 8 nitrogen and oxygen atoms in total. The number of hydrogen-bond donors (Lipinski definition) is 4. The van der Waals surface area contributed by atoms with Gasteiger partial charge in [-0.3, -0.25) is 0 Å². The highest BCUT2D eigenvalue weighted by Gasteiger charge is 1.81. The van der Waals surface area contributed by atoms with Crippen LogP contribution in [0.3, 0.4) is 0 Å². The van der Waals surface area contributed by atoms with Crippen LogP contribution < -0.4 is 11.5 Å². The maximum Gasteiger partial charge on any atom is 0.472 e. The van der Waals surface area contributed by atoms with Gasteiger partial charge >= 0.3 is 5.09 Å². The summed E-state index contributed by atoms with van der Waals surface area (Å²) in [5.74, 6) is -0.0396. The lowest BCUT2D eigenvalue weighted by atomic mass is 10.2. The first-order valence-corrected chi connectivity index (χ1v) is 4.04. The van der Waals surface area contributed by atoms with Crippen LogP contribution in [0.5, 0.6) is 0 Å². The molecule has 0 saturated heterocycles. The molecule has 0 aliphatic carbocycles. The number of nitrogens with two attached hydrogens (primary N) is 2. The van der Waals surface area contributed by atoms with Crippen molar-refractivity contribution in [3.63, 3.8) is 0 Å². The highest BCUT2D eigenvalue weighted by molar-refractivity contribution is 5.81. The Morgan fingerprint density at radius 2 is 1.75 bits per heavy atom. The fourth-order valence-electron chi connectivity index (χ4n) is 0.701. The Hall–Kier alpha value is -2.64. The normalized spacial score (nSPS) is 9.00. The molecule has 0 atom stereocenters. The number of guanidine groups is 1. The predicted octanol–water partition coefficient (Wildman–Crippen LogP) is -0.162. The first-order chi connectivity index (χ1) is 7.52. The Kier molecular flexibility index (Phi) is 6.46. The fourth-order valence-corrected chi connectivity index (χ4v) is 0.701. The molecular formula is C8H12N5O3+. The second kappa shape index (κ2) is 7.74. The van der Waals surface area contributed by atoms with Crippen molar-refractivity contribution in [3.8, 4) is 0 Å². The van der Waals surface area contributed by atoms with Crippen LogP contribution in [0, 0.1) is 4.91 Å². The lowest BCUT2D eigenvalue weighted by Crippen LogP contribution is -2.21. The minimum atomic E-state index is -1.25. The number of hydrogen-bond acceptors (Lipinski definition) is 3. The van der Waals surface area contributed by atoms with Crippen molar-refractivity contribution in [1.82, 2.24) is 0 Å². The number of benzene rings is 1. The Balaban J connectivity index is 0.000000487. The highest BCUT2D eigenvalue weighted by Crippen LogP contribution is 1.93. The molecule has 0 aromatic heterocycles. The predicted molar refractivity (Wildman–Crippen MR) is 57.0 cm³/mol. The van der Waals surface area contributed by atoms with Gasteiger partial charge in [0.15, 0.2) is 0 Å². The molecule has 0 saturated carbocycles. The van der Waals surface area contributed by atoms with Crippen molar-refractivity contribution in [2.75, 3.05) is 0 Å². The molecular weight excluding hydrogens is 214 g/mol. The molecule has 0 unspecified atom stereocenters. The summed E-state index contributed by atoms with van der Waals surface area (Å²) in [6.07, 6.45) is 1.58. The zero-order valence-corrected chi connectivity index (χ0v) is 8.26. The van der Waals surface area contributed by atoms with Gasteiger partial charge in [-0.15, -0.1) is 5.10 Å². The van der Waals surface area contributed by atoms with E-state index in [9.17, 15) is 0 Å². The van der Waals surface area contributed by atoms with Crippen molar-refractivity contribution < 1.29 is 15.5 Å². The quantitative estimate of drug-likeness (QED) is 0.315. The molecule has 0 bridgehead atoms. The van der Waals surface area contributed by atoms with Crippen LogP contribution in [-0.2, 0) is 0 Å². The second-order valence-electron chi connectivity index (χ2n) is 2.43. The zero-order valence-electron chi connectivity index (χ0n) is 8.26. The standard InChI is InChI=1S/C8H10N4.H2NO3/c9-8(10)12-11-6-7-4-2-1-3-5-7;2-1(3)4/h1-6H,(H4,9,10,12);(H2,2,3,4)/q;+1/b11-6+;. The van der Waals surface area contributed by atoms with E-state index in [4.69, 9.17) is 26.8 Å². The van der Waals surface area contributed by atoms with Crippen LogP contribution in [-0.4, -0.2) is 27.7 Å². The largest absolute Gasteiger partial charge is 0.472 e. The number of nitrogens with zero attached hydrogens (tertiary/aromatic N) is 3. The molecule has 0 fully saturated rings. The van der Waals surface area contributed by atoms with Gasteiger partial charge in [0, 0.05) is 0 Å². The van der Waals surface area contributed by atoms with E-state index in [0.29, 0.717) is 0 Å². The average Bonchev–Trinajstić information content (AvgIpc) is 2.18. The van der Waals surface area contributed by atoms with Gasteiger partial charge in [-0.1, -0.05) is 30.3 Å². The molecule has 86 valence electrons. The van der Waals surface area contributed by atoms with Gasteiger partial charge in [0.05, 0.1) is 6.21 Å². The van der Waals surface area contributed by atoms with Crippen LogP contribution in [0.15, 0.2) is 40.5 Å². The second-order valence-corrected chi connectivity index (χ2v) is 2.43. The van der Waals surface area contributed by atoms with E-state index in [-0.39, 0.29) is 5.96 Å². The average molecular weight is 226 g/mol. The Bertz CT molecular complexity index is 369. The molecule has 0 radical (unpaired) electrons. The summed E-state index contributed by atoms with van der Waals surface area (Å²) in [7, 11) is 0. The summed E-state index contributed by atoms with van der Waals surface area (Å²) >= 11 is 0. The zero-order chi connectivity index (χ0) is 12.4. The molecule has 8 heteroatoms. The van der Waals surface area contributed by atoms with E-state index >= 15 is 0 Å². The minimum Gasteiger partial charge on any atom is -0.369 e. The van der Waals surface area contributed by atoms with Gasteiger partial charge < -0.3 is 11.5 Å². The maximum absolute atomic E-state index is 8.47. The molecule has 6 N–H and O–H groups in total. The summed E-state index contributed by atoms with van der Waals surface area (Å²) in [4.78, 5) is 8.47. The third kappa shape index (κ3) is 9.45. The van der Waals surface area contributed by atoms with Crippen molar-refractivity contribution in [1.29, 1.82) is 0 Å². The Labute approximate surface area is 91.0 Å². The van der Waals surface area contributed by atoms with Gasteiger partial charge in [-0.05, 0) is 5.56 Å². The van der Waals surface area contributed by atoms with Crippen LogP contribution in [0.1, 0.15) is 5.56 Å². The molecule has 16 heavy (non-hydrogen) atoms. The minimum absolute atomic E-state index is 0.0396. The summed E-state index contributed by atoms with van der Waals surface area (Å²) in [5, 5.41) is 19.6. The lowest BCUT2D eigenvalue weighted by Gasteiger charge is -1.87. The van der Waals surface area contributed by atoms with E-state index < -0.39 is 5.09 Å². The maximum atomic E-state index is 8.47. The van der Waals surface area contributed by atoms with Crippen molar-refractivity contribution in [3.05, 3.63) is 40.8 Å². The van der Waals surface area contributed by atoms with Crippen LogP contribution >= 0.6 is 0 Å². The number of rotatable bonds is 2.